The average Bonchev–Trinajstić information content (AvgIpc) is 2.57. The van der Waals surface area contributed by atoms with E-state index in [4.69, 9.17) is 0 Å². The van der Waals surface area contributed by atoms with Crippen molar-refractivity contribution >= 4 is 17.6 Å². The minimum absolute atomic E-state index is 0.0635. The normalized spacial score (nSPS) is 10.2. The van der Waals surface area contributed by atoms with Crippen LogP contribution in [0.5, 0.6) is 0 Å². The second-order valence-corrected chi connectivity index (χ2v) is 4.78. The van der Waals surface area contributed by atoms with Crippen LogP contribution in [0.1, 0.15) is 0 Å². The van der Waals surface area contributed by atoms with Crippen LogP contribution in [-0.2, 0) is 4.79 Å². The fourth-order valence-corrected chi connectivity index (χ4v) is 1.97. The van der Waals surface area contributed by atoms with Gasteiger partial charge in [0.2, 0.25) is 5.91 Å². The lowest BCUT2D eigenvalue weighted by molar-refractivity contribution is -0.119. The number of halogens is 3. The molecule has 0 saturated carbocycles. The Kier molecular flexibility index (Phi) is 5.41. The predicted octanol–water partition coefficient (Wildman–Crippen LogP) is 2.64. The summed E-state index contributed by atoms with van der Waals surface area (Å²) in [5.41, 5.74) is 0.608. The Morgan fingerprint density at radius 3 is 2.29 bits per heavy atom. The SMILES string of the molecule is CNC(=O)CNC(=O)Nc1ccccc1-c1cc(F)c(F)c(F)c1. The van der Waals surface area contributed by atoms with Crippen LogP contribution in [0.15, 0.2) is 36.4 Å². The van der Waals surface area contributed by atoms with E-state index in [1.807, 2.05) is 0 Å². The highest BCUT2D eigenvalue weighted by atomic mass is 19.2. The number of likely N-dealkylation sites (N-methyl/N-ethyl adjacent to an activating group) is 1. The third kappa shape index (κ3) is 4.03. The summed E-state index contributed by atoms with van der Waals surface area (Å²) in [6.07, 6.45) is 0. The second-order valence-electron chi connectivity index (χ2n) is 4.78. The molecule has 3 N–H and O–H groups in total. The second kappa shape index (κ2) is 7.49. The summed E-state index contributed by atoms with van der Waals surface area (Å²) < 4.78 is 39.9. The molecule has 3 amide bonds. The van der Waals surface area contributed by atoms with Crippen LogP contribution in [0.4, 0.5) is 23.7 Å². The first-order chi connectivity index (χ1) is 11.4. The van der Waals surface area contributed by atoms with Gasteiger partial charge in [-0.05, 0) is 23.8 Å². The molecule has 2 rings (SSSR count). The van der Waals surface area contributed by atoms with E-state index in [-0.39, 0.29) is 23.7 Å². The minimum atomic E-state index is -1.56. The van der Waals surface area contributed by atoms with Gasteiger partial charge in [-0.25, -0.2) is 18.0 Å². The number of hydrogen-bond acceptors (Lipinski definition) is 2. The number of para-hydroxylation sites is 1. The van der Waals surface area contributed by atoms with Gasteiger partial charge in [0.05, 0.1) is 12.2 Å². The zero-order valence-corrected chi connectivity index (χ0v) is 12.6. The van der Waals surface area contributed by atoms with E-state index < -0.39 is 23.5 Å². The molecule has 0 fully saturated rings. The van der Waals surface area contributed by atoms with E-state index in [1.165, 1.54) is 19.2 Å². The van der Waals surface area contributed by atoms with Crippen LogP contribution in [0.25, 0.3) is 11.1 Å². The molecule has 0 saturated heterocycles. The van der Waals surface area contributed by atoms with Crippen molar-refractivity contribution in [3.05, 3.63) is 53.8 Å². The van der Waals surface area contributed by atoms with Crippen molar-refractivity contribution in [2.45, 2.75) is 0 Å². The molecule has 0 aliphatic carbocycles. The number of nitrogens with one attached hydrogen (secondary N) is 3. The molecule has 8 heteroatoms. The summed E-state index contributed by atoms with van der Waals surface area (Å²) >= 11 is 0. The number of benzene rings is 2. The van der Waals surface area contributed by atoms with E-state index in [9.17, 15) is 22.8 Å². The number of carbonyl (C=O) groups excluding carboxylic acids is 2. The molecule has 0 atom stereocenters. The third-order valence-electron chi connectivity index (χ3n) is 3.16. The predicted molar refractivity (Wildman–Crippen MR) is 82.8 cm³/mol. The van der Waals surface area contributed by atoms with Gasteiger partial charge >= 0.3 is 6.03 Å². The van der Waals surface area contributed by atoms with Gasteiger partial charge in [0, 0.05) is 12.6 Å². The first-order valence-electron chi connectivity index (χ1n) is 6.91. The van der Waals surface area contributed by atoms with Gasteiger partial charge in [-0.2, -0.15) is 0 Å². The molecular formula is C16H14F3N3O2. The Balaban J connectivity index is 2.25. The largest absolute Gasteiger partial charge is 0.358 e. The smallest absolute Gasteiger partial charge is 0.319 e. The first kappa shape index (κ1) is 17.3. The maximum atomic E-state index is 13.4. The Bertz CT molecular complexity index is 758. The summed E-state index contributed by atoms with van der Waals surface area (Å²) in [7, 11) is 1.43. The van der Waals surface area contributed by atoms with Gasteiger partial charge in [0.25, 0.3) is 0 Å². The molecule has 126 valence electrons. The van der Waals surface area contributed by atoms with Gasteiger partial charge in [-0.1, -0.05) is 18.2 Å². The maximum Gasteiger partial charge on any atom is 0.319 e. The van der Waals surface area contributed by atoms with Crippen LogP contribution in [0.3, 0.4) is 0 Å². The fourth-order valence-electron chi connectivity index (χ4n) is 1.97. The molecule has 0 spiro atoms. The quantitative estimate of drug-likeness (QED) is 0.751. The number of carbonyl (C=O) groups is 2. The molecule has 0 aliphatic heterocycles. The van der Waals surface area contributed by atoms with Crippen LogP contribution in [0.2, 0.25) is 0 Å². The zero-order chi connectivity index (χ0) is 17.7. The number of amides is 3. The van der Waals surface area contributed by atoms with Crippen LogP contribution < -0.4 is 16.0 Å². The molecular weight excluding hydrogens is 323 g/mol. The minimum Gasteiger partial charge on any atom is -0.358 e. The maximum absolute atomic E-state index is 13.4. The highest BCUT2D eigenvalue weighted by Gasteiger charge is 2.14. The van der Waals surface area contributed by atoms with Crippen molar-refractivity contribution in [2.75, 3.05) is 18.9 Å². The van der Waals surface area contributed by atoms with Crippen molar-refractivity contribution in [2.24, 2.45) is 0 Å². The van der Waals surface area contributed by atoms with Crippen molar-refractivity contribution in [3.63, 3.8) is 0 Å². The summed E-state index contributed by atoms with van der Waals surface area (Å²) in [5, 5.41) is 7.13. The fraction of sp³-hybridized carbons (Fsp3) is 0.125. The lowest BCUT2D eigenvalue weighted by atomic mass is 10.0. The Hall–Kier alpha value is -3.03. The van der Waals surface area contributed by atoms with Crippen molar-refractivity contribution in [1.29, 1.82) is 0 Å². The Morgan fingerprint density at radius 2 is 1.67 bits per heavy atom. The van der Waals surface area contributed by atoms with E-state index in [0.29, 0.717) is 5.56 Å². The van der Waals surface area contributed by atoms with Crippen molar-refractivity contribution in [1.82, 2.24) is 10.6 Å². The number of rotatable bonds is 4. The molecule has 2 aromatic rings. The van der Waals surface area contributed by atoms with Gasteiger partial charge in [-0.3, -0.25) is 4.79 Å². The van der Waals surface area contributed by atoms with Crippen LogP contribution >= 0.6 is 0 Å². The molecule has 0 aromatic heterocycles. The van der Waals surface area contributed by atoms with E-state index in [0.717, 1.165) is 12.1 Å². The zero-order valence-electron chi connectivity index (χ0n) is 12.6. The van der Waals surface area contributed by atoms with Gasteiger partial charge in [0.1, 0.15) is 0 Å². The highest BCUT2D eigenvalue weighted by Crippen LogP contribution is 2.30. The molecule has 24 heavy (non-hydrogen) atoms. The Labute approximate surface area is 135 Å². The van der Waals surface area contributed by atoms with Gasteiger partial charge < -0.3 is 16.0 Å². The summed E-state index contributed by atoms with van der Waals surface area (Å²) in [4.78, 5) is 22.9. The molecule has 0 radical (unpaired) electrons. The molecule has 0 aliphatic rings. The molecule has 5 nitrogen and oxygen atoms in total. The Morgan fingerprint density at radius 1 is 1.04 bits per heavy atom. The number of urea groups is 1. The summed E-state index contributed by atoms with van der Waals surface area (Å²) in [6, 6.07) is 7.22. The van der Waals surface area contributed by atoms with Gasteiger partial charge in [-0.15, -0.1) is 0 Å². The number of anilines is 1. The van der Waals surface area contributed by atoms with E-state index in [1.54, 1.807) is 12.1 Å². The monoisotopic (exact) mass is 337 g/mol. The van der Waals surface area contributed by atoms with Crippen LogP contribution in [-0.4, -0.2) is 25.5 Å². The lowest BCUT2D eigenvalue weighted by Gasteiger charge is -2.12. The number of hydrogen-bond donors (Lipinski definition) is 3. The first-order valence-corrected chi connectivity index (χ1v) is 6.91. The van der Waals surface area contributed by atoms with Gasteiger partial charge in [0.15, 0.2) is 17.5 Å². The van der Waals surface area contributed by atoms with Crippen LogP contribution in [0, 0.1) is 17.5 Å². The molecule has 0 unspecified atom stereocenters. The standard InChI is InChI=1S/C16H14F3N3O2/c1-20-14(23)8-21-16(24)22-13-5-3-2-4-10(13)9-6-11(17)15(19)12(18)7-9/h2-7H,8H2,1H3,(H,20,23)(H2,21,22,24). The average molecular weight is 337 g/mol. The lowest BCUT2D eigenvalue weighted by Crippen LogP contribution is -2.37. The topological polar surface area (TPSA) is 70.2 Å². The third-order valence-corrected chi connectivity index (χ3v) is 3.16. The summed E-state index contributed by atoms with van der Waals surface area (Å²) in [6.45, 7) is -0.232. The van der Waals surface area contributed by atoms with E-state index >= 15 is 0 Å². The molecule has 2 aromatic carbocycles. The van der Waals surface area contributed by atoms with Crippen molar-refractivity contribution in [3.8, 4) is 11.1 Å². The van der Waals surface area contributed by atoms with Crippen molar-refractivity contribution < 1.29 is 22.8 Å². The molecule has 0 heterocycles. The highest BCUT2D eigenvalue weighted by molar-refractivity contribution is 5.96. The summed E-state index contributed by atoms with van der Waals surface area (Å²) in [5.74, 6) is -4.61. The van der Waals surface area contributed by atoms with E-state index in [2.05, 4.69) is 16.0 Å². The molecule has 0 bridgehead atoms.